The molecule has 0 bridgehead atoms. The van der Waals surface area contributed by atoms with Gasteiger partial charge in [0.15, 0.2) is 0 Å². The molecular weight excluding hydrogens is 268 g/mol. The van der Waals surface area contributed by atoms with Crippen LogP contribution in [-0.4, -0.2) is 6.54 Å². The van der Waals surface area contributed by atoms with Crippen LogP contribution < -0.4 is 5.32 Å². The topological polar surface area (TPSA) is 12.0 Å². The monoisotopic (exact) mass is 289 g/mol. The van der Waals surface area contributed by atoms with Crippen LogP contribution in [0.3, 0.4) is 0 Å². The van der Waals surface area contributed by atoms with Gasteiger partial charge in [0.25, 0.3) is 0 Å². The lowest BCUT2D eigenvalue weighted by Crippen LogP contribution is -2.24. The zero-order chi connectivity index (χ0) is 15.4. The van der Waals surface area contributed by atoms with Crippen LogP contribution in [0.5, 0.6) is 0 Å². The SMILES string of the molecule is CCNC(Cc1c(F)cccc1F)c1ccc(C)cc1C. The van der Waals surface area contributed by atoms with Gasteiger partial charge in [-0.2, -0.15) is 0 Å². The van der Waals surface area contributed by atoms with Gasteiger partial charge in [-0.15, -0.1) is 0 Å². The number of nitrogens with one attached hydrogen (secondary N) is 1. The molecule has 0 aromatic heterocycles. The number of hydrogen-bond acceptors (Lipinski definition) is 1. The zero-order valence-electron chi connectivity index (χ0n) is 12.7. The Morgan fingerprint density at radius 3 is 2.29 bits per heavy atom. The van der Waals surface area contributed by atoms with Gasteiger partial charge in [0.1, 0.15) is 11.6 Å². The third-order valence-electron chi connectivity index (χ3n) is 3.72. The number of hydrogen-bond donors (Lipinski definition) is 1. The molecule has 1 nitrogen and oxygen atoms in total. The van der Waals surface area contributed by atoms with Crippen molar-refractivity contribution in [2.24, 2.45) is 0 Å². The largest absolute Gasteiger partial charge is 0.310 e. The van der Waals surface area contributed by atoms with Gasteiger partial charge in [0.2, 0.25) is 0 Å². The third kappa shape index (κ3) is 3.67. The lowest BCUT2D eigenvalue weighted by Gasteiger charge is -2.21. The Bertz CT molecular complexity index is 602. The first kappa shape index (κ1) is 15.6. The Kier molecular flexibility index (Phi) is 5.07. The number of halogens is 2. The Hall–Kier alpha value is -1.74. The minimum absolute atomic E-state index is 0.0954. The lowest BCUT2D eigenvalue weighted by atomic mass is 9.93. The summed E-state index contributed by atoms with van der Waals surface area (Å²) in [5.74, 6) is -0.967. The molecule has 0 saturated heterocycles. The van der Waals surface area contributed by atoms with Crippen molar-refractivity contribution in [1.82, 2.24) is 5.32 Å². The third-order valence-corrected chi connectivity index (χ3v) is 3.72. The number of likely N-dealkylation sites (N-methyl/N-ethyl adjacent to an activating group) is 1. The molecule has 0 fully saturated rings. The highest BCUT2D eigenvalue weighted by Crippen LogP contribution is 2.25. The van der Waals surface area contributed by atoms with Crippen LogP contribution in [0.1, 0.15) is 35.2 Å². The second-order valence-corrected chi connectivity index (χ2v) is 5.37. The van der Waals surface area contributed by atoms with E-state index in [2.05, 4.69) is 11.4 Å². The van der Waals surface area contributed by atoms with E-state index in [1.165, 1.54) is 23.8 Å². The molecule has 1 N–H and O–H groups in total. The fourth-order valence-corrected chi connectivity index (χ4v) is 2.69. The number of rotatable bonds is 5. The predicted molar refractivity (Wildman–Crippen MR) is 82.4 cm³/mol. The Balaban J connectivity index is 2.35. The maximum absolute atomic E-state index is 13.9. The highest BCUT2D eigenvalue weighted by atomic mass is 19.1. The molecule has 21 heavy (non-hydrogen) atoms. The Labute approximate surface area is 125 Å². The Morgan fingerprint density at radius 1 is 1.05 bits per heavy atom. The van der Waals surface area contributed by atoms with Crippen LogP contribution in [0, 0.1) is 25.5 Å². The van der Waals surface area contributed by atoms with E-state index in [0.717, 1.165) is 17.7 Å². The van der Waals surface area contributed by atoms with Gasteiger partial charge in [-0.1, -0.05) is 36.8 Å². The fourth-order valence-electron chi connectivity index (χ4n) is 2.69. The molecule has 0 saturated carbocycles. The van der Waals surface area contributed by atoms with E-state index in [4.69, 9.17) is 0 Å². The maximum Gasteiger partial charge on any atom is 0.129 e. The van der Waals surface area contributed by atoms with Crippen LogP contribution in [0.4, 0.5) is 8.78 Å². The summed E-state index contributed by atoms with van der Waals surface area (Å²) in [4.78, 5) is 0. The van der Waals surface area contributed by atoms with Crippen LogP contribution in [0.25, 0.3) is 0 Å². The highest BCUT2D eigenvalue weighted by Gasteiger charge is 2.18. The molecule has 0 aliphatic rings. The first-order valence-corrected chi connectivity index (χ1v) is 7.26. The van der Waals surface area contributed by atoms with E-state index in [0.29, 0.717) is 6.42 Å². The van der Waals surface area contributed by atoms with Crippen molar-refractivity contribution in [2.45, 2.75) is 33.2 Å². The lowest BCUT2D eigenvalue weighted by molar-refractivity contribution is 0.498. The molecule has 3 heteroatoms. The van der Waals surface area contributed by atoms with E-state index < -0.39 is 11.6 Å². The molecule has 0 aliphatic heterocycles. The molecule has 1 atom stereocenters. The van der Waals surface area contributed by atoms with Crippen LogP contribution in [-0.2, 0) is 6.42 Å². The van der Waals surface area contributed by atoms with Gasteiger partial charge in [0.05, 0.1) is 0 Å². The summed E-state index contributed by atoms with van der Waals surface area (Å²) < 4.78 is 27.7. The first-order chi connectivity index (χ1) is 10.0. The minimum atomic E-state index is -0.484. The van der Waals surface area contributed by atoms with E-state index >= 15 is 0 Å². The van der Waals surface area contributed by atoms with E-state index in [1.807, 2.05) is 32.9 Å². The van der Waals surface area contributed by atoms with Gasteiger partial charge in [0, 0.05) is 11.6 Å². The van der Waals surface area contributed by atoms with Crippen molar-refractivity contribution in [3.05, 3.63) is 70.3 Å². The van der Waals surface area contributed by atoms with Crippen molar-refractivity contribution in [3.8, 4) is 0 Å². The first-order valence-electron chi connectivity index (χ1n) is 7.26. The second-order valence-electron chi connectivity index (χ2n) is 5.37. The summed E-state index contributed by atoms with van der Waals surface area (Å²) in [5.41, 5.74) is 3.55. The highest BCUT2D eigenvalue weighted by molar-refractivity contribution is 5.34. The quantitative estimate of drug-likeness (QED) is 0.856. The normalized spacial score (nSPS) is 12.4. The van der Waals surface area contributed by atoms with Gasteiger partial charge < -0.3 is 5.32 Å². The maximum atomic E-state index is 13.9. The Morgan fingerprint density at radius 2 is 1.71 bits per heavy atom. The van der Waals surface area contributed by atoms with Crippen LogP contribution >= 0.6 is 0 Å². The summed E-state index contributed by atoms with van der Waals surface area (Å²) >= 11 is 0. The molecule has 0 aliphatic carbocycles. The average Bonchev–Trinajstić information content (AvgIpc) is 2.42. The zero-order valence-corrected chi connectivity index (χ0v) is 12.7. The smallest absolute Gasteiger partial charge is 0.129 e. The molecule has 1 unspecified atom stereocenters. The molecule has 0 spiro atoms. The summed E-state index contributed by atoms with van der Waals surface area (Å²) in [6.07, 6.45) is 0.302. The van der Waals surface area contributed by atoms with Crippen LogP contribution in [0.15, 0.2) is 36.4 Å². The molecule has 0 amide bonds. The fraction of sp³-hybridized carbons (Fsp3) is 0.333. The second kappa shape index (κ2) is 6.81. The minimum Gasteiger partial charge on any atom is -0.310 e. The van der Waals surface area contributed by atoms with Gasteiger partial charge >= 0.3 is 0 Å². The standard InChI is InChI=1S/C18H21F2N/c1-4-21-18(14-9-8-12(2)10-13(14)3)11-15-16(19)6-5-7-17(15)20/h5-10,18,21H,4,11H2,1-3H3. The molecule has 2 rings (SSSR count). The predicted octanol–water partition coefficient (Wildman–Crippen LogP) is 4.47. The van der Waals surface area contributed by atoms with Crippen molar-refractivity contribution >= 4 is 0 Å². The van der Waals surface area contributed by atoms with Crippen molar-refractivity contribution in [1.29, 1.82) is 0 Å². The summed E-state index contributed by atoms with van der Waals surface area (Å²) in [5, 5.41) is 3.33. The van der Waals surface area contributed by atoms with E-state index in [-0.39, 0.29) is 11.6 Å². The number of aryl methyl sites for hydroxylation is 2. The molecule has 0 radical (unpaired) electrons. The van der Waals surface area contributed by atoms with Gasteiger partial charge in [-0.05, 0) is 50.1 Å². The summed E-state index contributed by atoms with van der Waals surface area (Å²) in [6, 6.07) is 10.1. The average molecular weight is 289 g/mol. The van der Waals surface area contributed by atoms with Crippen LogP contribution in [0.2, 0.25) is 0 Å². The van der Waals surface area contributed by atoms with E-state index in [1.54, 1.807) is 0 Å². The summed E-state index contributed by atoms with van der Waals surface area (Å²) in [6.45, 7) is 6.81. The number of benzene rings is 2. The summed E-state index contributed by atoms with van der Waals surface area (Å²) in [7, 11) is 0. The molecule has 2 aromatic rings. The molecular formula is C18H21F2N. The molecule has 112 valence electrons. The van der Waals surface area contributed by atoms with Crippen molar-refractivity contribution in [3.63, 3.8) is 0 Å². The van der Waals surface area contributed by atoms with Crippen molar-refractivity contribution in [2.75, 3.05) is 6.54 Å². The van der Waals surface area contributed by atoms with Gasteiger partial charge in [-0.3, -0.25) is 0 Å². The van der Waals surface area contributed by atoms with Gasteiger partial charge in [-0.25, -0.2) is 8.78 Å². The molecule has 0 heterocycles. The molecule has 2 aromatic carbocycles. The van der Waals surface area contributed by atoms with Crippen molar-refractivity contribution < 1.29 is 8.78 Å². The van der Waals surface area contributed by atoms with E-state index in [9.17, 15) is 8.78 Å².